The number of aryl methyl sites for hydroxylation is 1. The first-order chi connectivity index (χ1) is 9.19. The third kappa shape index (κ3) is 3.64. The van der Waals surface area contributed by atoms with Crippen molar-refractivity contribution in [1.29, 1.82) is 0 Å². The molecule has 0 aliphatic carbocycles. The topological polar surface area (TPSA) is 88.2 Å². The van der Waals surface area contributed by atoms with Crippen molar-refractivity contribution >= 4 is 17.2 Å². The van der Waals surface area contributed by atoms with Crippen molar-refractivity contribution in [3.05, 3.63) is 33.6 Å². The number of aromatic nitrogens is 2. The van der Waals surface area contributed by atoms with E-state index in [0.717, 1.165) is 4.88 Å². The van der Waals surface area contributed by atoms with Gasteiger partial charge in [0.1, 0.15) is 6.61 Å². The zero-order chi connectivity index (χ0) is 13.7. The zero-order valence-electron chi connectivity index (χ0n) is 10.1. The third-order valence-corrected chi connectivity index (χ3v) is 3.09. The molecule has 2 aromatic rings. The van der Waals surface area contributed by atoms with Gasteiger partial charge in [0.25, 0.3) is 5.91 Å². The fourth-order valence-corrected chi connectivity index (χ4v) is 2.11. The largest absolute Gasteiger partial charge is 0.384 e. The van der Waals surface area contributed by atoms with E-state index in [4.69, 9.17) is 9.63 Å². The molecule has 7 heteroatoms. The summed E-state index contributed by atoms with van der Waals surface area (Å²) in [7, 11) is 0. The Kier molecular flexibility index (Phi) is 4.28. The monoisotopic (exact) mass is 277 g/mol. The van der Waals surface area contributed by atoms with Crippen LogP contribution in [0.4, 0.5) is 0 Å². The molecule has 0 fully saturated rings. The van der Waals surface area contributed by atoms with Gasteiger partial charge in [0.15, 0.2) is 5.82 Å². The van der Waals surface area contributed by atoms with E-state index in [-0.39, 0.29) is 19.1 Å². The van der Waals surface area contributed by atoms with Crippen LogP contribution in [0.3, 0.4) is 0 Å². The Morgan fingerprint density at radius 3 is 3.11 bits per heavy atom. The first-order valence-corrected chi connectivity index (χ1v) is 6.27. The number of hydrogen-bond donors (Lipinski definition) is 2. The Morgan fingerprint density at radius 2 is 2.42 bits per heavy atom. The second kappa shape index (κ2) is 6.13. The highest BCUT2D eigenvalue weighted by Crippen LogP contribution is 2.15. The van der Waals surface area contributed by atoms with E-state index in [1.165, 1.54) is 11.3 Å². The highest BCUT2D eigenvalue weighted by atomic mass is 32.1. The van der Waals surface area contributed by atoms with E-state index < -0.39 is 0 Å². The van der Waals surface area contributed by atoms with Crippen LogP contribution in [0, 0.1) is 18.8 Å². The van der Waals surface area contributed by atoms with Crippen molar-refractivity contribution in [3.8, 4) is 11.8 Å². The van der Waals surface area contributed by atoms with Gasteiger partial charge in [-0.3, -0.25) is 4.79 Å². The van der Waals surface area contributed by atoms with Crippen LogP contribution in [-0.2, 0) is 6.54 Å². The molecule has 1 amide bonds. The van der Waals surface area contributed by atoms with E-state index in [1.807, 2.05) is 0 Å². The Morgan fingerprint density at radius 1 is 1.58 bits per heavy atom. The summed E-state index contributed by atoms with van der Waals surface area (Å²) in [4.78, 5) is 17.1. The molecule has 0 aliphatic heterocycles. The molecule has 98 valence electrons. The van der Waals surface area contributed by atoms with Gasteiger partial charge in [0.2, 0.25) is 5.89 Å². The minimum atomic E-state index is -0.224. The van der Waals surface area contributed by atoms with Crippen LogP contribution in [-0.4, -0.2) is 27.8 Å². The van der Waals surface area contributed by atoms with E-state index in [1.54, 1.807) is 19.1 Å². The van der Waals surface area contributed by atoms with Crippen LogP contribution in [0.25, 0.3) is 0 Å². The Bertz CT molecular complexity index is 636. The van der Waals surface area contributed by atoms with E-state index in [0.29, 0.717) is 16.6 Å². The van der Waals surface area contributed by atoms with Gasteiger partial charge in [0.05, 0.1) is 16.3 Å². The molecular formula is C12H11N3O3S. The zero-order valence-corrected chi connectivity index (χ0v) is 11.0. The van der Waals surface area contributed by atoms with Crippen molar-refractivity contribution in [1.82, 2.24) is 15.5 Å². The normalized spacial score (nSPS) is 9.79. The maximum absolute atomic E-state index is 11.8. The molecule has 0 aromatic carbocycles. The lowest BCUT2D eigenvalue weighted by Crippen LogP contribution is -2.21. The highest BCUT2D eigenvalue weighted by Gasteiger charge is 2.10. The van der Waals surface area contributed by atoms with Crippen molar-refractivity contribution in [2.75, 3.05) is 6.61 Å². The molecule has 0 spiro atoms. The molecule has 0 radical (unpaired) electrons. The number of thiophene rings is 1. The van der Waals surface area contributed by atoms with Crippen LogP contribution in [0.2, 0.25) is 0 Å². The number of amides is 1. The molecule has 0 atom stereocenters. The molecule has 6 nitrogen and oxygen atoms in total. The van der Waals surface area contributed by atoms with Gasteiger partial charge in [-0.15, -0.1) is 11.3 Å². The smallest absolute Gasteiger partial charge is 0.261 e. The summed E-state index contributed by atoms with van der Waals surface area (Å²) in [5, 5.41) is 14.9. The lowest BCUT2D eigenvalue weighted by molar-refractivity contribution is 0.0950. The minimum Gasteiger partial charge on any atom is -0.384 e. The summed E-state index contributed by atoms with van der Waals surface area (Å²) in [5.41, 5.74) is 0. The Labute approximate surface area is 113 Å². The maximum atomic E-state index is 11.8. The lowest BCUT2D eigenvalue weighted by atomic mass is 10.4. The van der Waals surface area contributed by atoms with Gasteiger partial charge in [-0.25, -0.2) is 0 Å². The molecule has 2 N–H and O–H groups in total. The first-order valence-electron chi connectivity index (χ1n) is 5.46. The maximum Gasteiger partial charge on any atom is 0.261 e. The van der Waals surface area contributed by atoms with Crippen molar-refractivity contribution < 1.29 is 14.4 Å². The van der Waals surface area contributed by atoms with Gasteiger partial charge in [-0.2, -0.15) is 4.98 Å². The summed E-state index contributed by atoms with van der Waals surface area (Å²) < 4.78 is 4.89. The summed E-state index contributed by atoms with van der Waals surface area (Å²) in [5.74, 6) is 5.94. The minimum absolute atomic E-state index is 0.190. The molecule has 0 saturated carbocycles. The van der Waals surface area contributed by atoms with Gasteiger partial charge in [0, 0.05) is 0 Å². The second-order valence-electron chi connectivity index (χ2n) is 3.54. The molecular weight excluding hydrogens is 266 g/mol. The number of nitrogens with one attached hydrogen (secondary N) is 1. The SMILES string of the molecule is Cc1noc(CNC(=O)c2ccc(C#CCO)s2)n1. The second-order valence-corrected chi connectivity index (χ2v) is 4.63. The first kappa shape index (κ1) is 13.3. The highest BCUT2D eigenvalue weighted by molar-refractivity contribution is 7.14. The van der Waals surface area contributed by atoms with Crippen LogP contribution in [0.1, 0.15) is 26.3 Å². The number of carbonyl (C=O) groups is 1. The van der Waals surface area contributed by atoms with Gasteiger partial charge in [-0.05, 0) is 19.1 Å². The fraction of sp³-hybridized carbons (Fsp3) is 0.250. The average Bonchev–Trinajstić information content (AvgIpc) is 3.02. The average molecular weight is 277 g/mol. The lowest BCUT2D eigenvalue weighted by Gasteiger charge is -1.98. The van der Waals surface area contributed by atoms with Crippen molar-refractivity contribution in [2.45, 2.75) is 13.5 Å². The van der Waals surface area contributed by atoms with E-state index >= 15 is 0 Å². The number of hydrogen-bond acceptors (Lipinski definition) is 6. The molecule has 19 heavy (non-hydrogen) atoms. The molecule has 2 aromatic heterocycles. The number of aliphatic hydroxyl groups is 1. The predicted molar refractivity (Wildman–Crippen MR) is 68.5 cm³/mol. The molecule has 2 rings (SSSR count). The van der Waals surface area contributed by atoms with Crippen molar-refractivity contribution in [2.24, 2.45) is 0 Å². The molecule has 0 saturated heterocycles. The summed E-state index contributed by atoms with van der Waals surface area (Å²) in [6, 6.07) is 3.42. The van der Waals surface area contributed by atoms with E-state index in [9.17, 15) is 4.79 Å². The Hall–Kier alpha value is -2.17. The van der Waals surface area contributed by atoms with Gasteiger partial charge in [-0.1, -0.05) is 17.0 Å². The predicted octanol–water partition coefficient (Wildman–Crippen LogP) is 0.713. The summed E-state index contributed by atoms with van der Waals surface area (Å²) in [6.45, 7) is 1.70. The fourth-order valence-electron chi connectivity index (χ4n) is 1.31. The number of carbonyl (C=O) groups excluding carboxylic acids is 1. The molecule has 2 heterocycles. The number of aliphatic hydroxyl groups excluding tert-OH is 1. The molecule has 0 aliphatic rings. The van der Waals surface area contributed by atoms with Crippen LogP contribution in [0.5, 0.6) is 0 Å². The number of nitrogens with zero attached hydrogens (tertiary/aromatic N) is 2. The van der Waals surface area contributed by atoms with Crippen LogP contribution in [0.15, 0.2) is 16.7 Å². The standard InChI is InChI=1S/C12H11N3O3S/c1-8-14-11(18-15-8)7-13-12(17)10-5-4-9(19-10)3-2-6-16/h4-5,16H,6-7H2,1H3,(H,13,17). The number of rotatable bonds is 3. The summed E-state index contributed by atoms with van der Waals surface area (Å²) in [6.07, 6.45) is 0. The summed E-state index contributed by atoms with van der Waals surface area (Å²) >= 11 is 1.26. The third-order valence-electron chi connectivity index (χ3n) is 2.09. The Balaban J connectivity index is 1.94. The quantitative estimate of drug-likeness (QED) is 0.807. The van der Waals surface area contributed by atoms with Gasteiger partial charge >= 0.3 is 0 Å². The molecule has 0 bridgehead atoms. The molecule has 0 unspecified atom stereocenters. The van der Waals surface area contributed by atoms with Crippen LogP contribution < -0.4 is 5.32 Å². The van der Waals surface area contributed by atoms with E-state index in [2.05, 4.69) is 27.3 Å². The van der Waals surface area contributed by atoms with Crippen molar-refractivity contribution in [3.63, 3.8) is 0 Å². The van der Waals surface area contributed by atoms with Gasteiger partial charge < -0.3 is 14.9 Å². The van der Waals surface area contributed by atoms with Crippen LogP contribution >= 0.6 is 11.3 Å².